The Morgan fingerprint density at radius 1 is 1.14 bits per heavy atom. The van der Waals surface area contributed by atoms with Gasteiger partial charge in [0.05, 0.1) is 0 Å². The van der Waals surface area contributed by atoms with Gasteiger partial charge < -0.3 is 15.5 Å². The molecule has 1 saturated carbocycles. The topological polar surface area (TPSA) is 95.6 Å². The van der Waals surface area contributed by atoms with E-state index in [9.17, 15) is 19.2 Å². The van der Waals surface area contributed by atoms with Crippen molar-refractivity contribution in [2.24, 2.45) is 5.92 Å². The molecule has 0 radical (unpaired) electrons. The molecule has 7 nitrogen and oxygen atoms in total. The van der Waals surface area contributed by atoms with Crippen LogP contribution in [0, 0.1) is 5.92 Å². The van der Waals surface area contributed by atoms with Crippen LogP contribution in [-0.2, 0) is 25.7 Å². The Morgan fingerprint density at radius 3 is 2.46 bits per heavy atom. The second-order valence-electron chi connectivity index (χ2n) is 7.93. The number of carbonyl (C=O) groups is 4. The van der Waals surface area contributed by atoms with Crippen LogP contribution in [0.3, 0.4) is 0 Å². The minimum absolute atomic E-state index is 0.0118. The minimum Gasteiger partial charge on any atom is -0.354 e. The Balaban J connectivity index is 1.52. The van der Waals surface area contributed by atoms with Crippen molar-refractivity contribution in [3.8, 4) is 0 Å². The molecule has 28 heavy (non-hydrogen) atoms. The maximum absolute atomic E-state index is 12.6. The molecule has 1 aliphatic carbocycles. The fourth-order valence-corrected chi connectivity index (χ4v) is 3.74. The molecule has 1 saturated heterocycles. The highest BCUT2D eigenvalue weighted by atomic mass is 16.2. The van der Waals surface area contributed by atoms with E-state index in [1.54, 1.807) is 0 Å². The number of rotatable bonds is 7. The molecule has 2 aliphatic rings. The maximum Gasteiger partial charge on any atom is 0.289 e. The van der Waals surface area contributed by atoms with E-state index in [-0.39, 0.29) is 36.2 Å². The van der Waals surface area contributed by atoms with Crippen molar-refractivity contribution < 1.29 is 19.2 Å². The molecular formula is C21H27N3O4. The van der Waals surface area contributed by atoms with Gasteiger partial charge in [-0.3, -0.25) is 19.2 Å². The minimum atomic E-state index is -0.715. The predicted molar refractivity (Wildman–Crippen MR) is 103 cm³/mol. The third-order valence-electron chi connectivity index (χ3n) is 5.33. The van der Waals surface area contributed by atoms with Gasteiger partial charge in [0.2, 0.25) is 17.6 Å². The Hall–Kier alpha value is -2.70. The number of nitrogens with zero attached hydrogens (tertiary/aromatic N) is 1. The number of ketones is 1. The number of hydrogen-bond acceptors (Lipinski definition) is 4. The predicted octanol–water partition coefficient (Wildman–Crippen LogP) is 1.17. The average Bonchev–Trinajstić information content (AvgIpc) is 2.97. The van der Waals surface area contributed by atoms with Crippen molar-refractivity contribution >= 4 is 23.5 Å². The molecule has 150 valence electrons. The lowest BCUT2D eigenvalue weighted by molar-refractivity contribution is -0.144. The summed E-state index contributed by atoms with van der Waals surface area (Å²) in [7, 11) is 0. The van der Waals surface area contributed by atoms with Crippen LogP contribution >= 0.6 is 0 Å². The summed E-state index contributed by atoms with van der Waals surface area (Å²) in [6.45, 7) is 4.13. The van der Waals surface area contributed by atoms with Gasteiger partial charge in [-0.25, -0.2) is 0 Å². The largest absolute Gasteiger partial charge is 0.354 e. The fourth-order valence-electron chi connectivity index (χ4n) is 3.74. The standard InChI is InChI=1S/C21H27N3O4/c1-13(2)22-20(27)15-10-16(11-15)23-21(28)19(26)17-8-9-18(25)24(17)12-14-6-4-3-5-7-14/h3-7,13,15-17H,8-12H2,1-2H3,(H,22,27)(H,23,28)/t15-,16-,17-/m1/s1. The number of carbonyl (C=O) groups excluding carboxylic acids is 4. The summed E-state index contributed by atoms with van der Waals surface area (Å²) in [5.74, 6) is -1.47. The molecule has 7 heteroatoms. The Bertz CT molecular complexity index is 756. The zero-order chi connectivity index (χ0) is 20.3. The maximum atomic E-state index is 12.6. The van der Waals surface area contributed by atoms with Gasteiger partial charge in [-0.2, -0.15) is 0 Å². The molecule has 2 N–H and O–H groups in total. The van der Waals surface area contributed by atoms with E-state index in [0.29, 0.717) is 25.8 Å². The Kier molecular flexibility index (Phi) is 6.11. The molecule has 1 heterocycles. The zero-order valence-corrected chi connectivity index (χ0v) is 16.3. The summed E-state index contributed by atoms with van der Waals surface area (Å²) < 4.78 is 0. The summed E-state index contributed by atoms with van der Waals surface area (Å²) in [4.78, 5) is 50.7. The van der Waals surface area contributed by atoms with Crippen molar-refractivity contribution in [3.05, 3.63) is 35.9 Å². The van der Waals surface area contributed by atoms with Crippen LogP contribution in [0.4, 0.5) is 0 Å². The summed E-state index contributed by atoms with van der Waals surface area (Å²) >= 11 is 0. The van der Waals surface area contributed by atoms with Crippen LogP contribution < -0.4 is 10.6 Å². The molecule has 0 bridgehead atoms. The molecule has 0 spiro atoms. The smallest absolute Gasteiger partial charge is 0.289 e. The van der Waals surface area contributed by atoms with Gasteiger partial charge in [0.1, 0.15) is 6.04 Å². The van der Waals surface area contributed by atoms with Gasteiger partial charge in [-0.15, -0.1) is 0 Å². The highest BCUT2D eigenvalue weighted by Gasteiger charge is 2.41. The van der Waals surface area contributed by atoms with E-state index in [1.165, 1.54) is 4.90 Å². The lowest BCUT2D eigenvalue weighted by Crippen LogP contribution is -2.53. The van der Waals surface area contributed by atoms with Crippen LogP contribution in [0.15, 0.2) is 30.3 Å². The van der Waals surface area contributed by atoms with E-state index < -0.39 is 17.7 Å². The summed E-state index contributed by atoms with van der Waals surface area (Å²) in [6, 6.07) is 8.63. The highest BCUT2D eigenvalue weighted by molar-refractivity contribution is 6.38. The molecule has 3 amide bonds. The molecule has 0 unspecified atom stereocenters. The molecule has 1 aromatic rings. The van der Waals surface area contributed by atoms with Gasteiger partial charge in [0, 0.05) is 31.0 Å². The second-order valence-corrected chi connectivity index (χ2v) is 7.93. The number of benzene rings is 1. The Morgan fingerprint density at radius 2 is 1.82 bits per heavy atom. The van der Waals surface area contributed by atoms with Crippen LogP contribution in [0.25, 0.3) is 0 Å². The van der Waals surface area contributed by atoms with Gasteiger partial charge >= 0.3 is 0 Å². The van der Waals surface area contributed by atoms with Gasteiger partial charge in [0.15, 0.2) is 0 Å². The molecule has 1 atom stereocenters. The van der Waals surface area contributed by atoms with E-state index in [4.69, 9.17) is 0 Å². The molecule has 0 aromatic heterocycles. The number of hydrogen-bond donors (Lipinski definition) is 2. The second kappa shape index (κ2) is 8.54. The van der Waals surface area contributed by atoms with Gasteiger partial charge in [-0.05, 0) is 38.7 Å². The van der Waals surface area contributed by atoms with Crippen LogP contribution in [0.2, 0.25) is 0 Å². The highest BCUT2D eigenvalue weighted by Crippen LogP contribution is 2.28. The summed E-state index contributed by atoms with van der Waals surface area (Å²) in [5, 5.41) is 5.58. The third-order valence-corrected chi connectivity index (χ3v) is 5.33. The first-order valence-electron chi connectivity index (χ1n) is 9.83. The van der Waals surface area contributed by atoms with Gasteiger partial charge in [0.25, 0.3) is 5.91 Å². The quantitative estimate of drug-likeness (QED) is 0.689. The van der Waals surface area contributed by atoms with E-state index in [0.717, 1.165) is 5.56 Å². The fraction of sp³-hybridized carbons (Fsp3) is 0.524. The van der Waals surface area contributed by atoms with Crippen molar-refractivity contribution in [1.82, 2.24) is 15.5 Å². The number of Topliss-reactive ketones (excluding diaryl/α,β-unsaturated/α-hetero) is 1. The zero-order valence-electron chi connectivity index (χ0n) is 16.3. The SMILES string of the molecule is CC(C)NC(=O)[C@H]1C[C@H](NC(=O)C(=O)[C@H]2CCC(=O)N2Cc2ccccc2)C1. The first kappa shape index (κ1) is 20.0. The van der Waals surface area contributed by atoms with Crippen molar-refractivity contribution in [3.63, 3.8) is 0 Å². The van der Waals surface area contributed by atoms with Gasteiger partial charge in [-0.1, -0.05) is 30.3 Å². The summed E-state index contributed by atoms with van der Waals surface area (Å²) in [6.07, 6.45) is 1.71. The molecule has 1 aromatic carbocycles. The lowest BCUT2D eigenvalue weighted by Gasteiger charge is -2.35. The number of likely N-dealkylation sites (tertiary alicyclic amines) is 1. The van der Waals surface area contributed by atoms with E-state index in [2.05, 4.69) is 10.6 Å². The number of amides is 3. The molecular weight excluding hydrogens is 358 g/mol. The first-order chi connectivity index (χ1) is 13.3. The average molecular weight is 385 g/mol. The van der Waals surface area contributed by atoms with Crippen LogP contribution in [0.1, 0.15) is 45.1 Å². The first-order valence-corrected chi connectivity index (χ1v) is 9.83. The van der Waals surface area contributed by atoms with Crippen LogP contribution in [-0.4, -0.2) is 46.5 Å². The molecule has 2 fully saturated rings. The van der Waals surface area contributed by atoms with Crippen molar-refractivity contribution in [1.29, 1.82) is 0 Å². The van der Waals surface area contributed by atoms with Crippen molar-refractivity contribution in [2.45, 2.75) is 64.2 Å². The van der Waals surface area contributed by atoms with Crippen molar-refractivity contribution in [2.75, 3.05) is 0 Å². The molecule has 1 aliphatic heterocycles. The normalized spacial score (nSPS) is 24.0. The van der Waals surface area contributed by atoms with Crippen LogP contribution in [0.5, 0.6) is 0 Å². The molecule has 3 rings (SSSR count). The summed E-state index contributed by atoms with van der Waals surface area (Å²) in [5.41, 5.74) is 0.925. The van der Waals surface area contributed by atoms with E-state index >= 15 is 0 Å². The Labute approximate surface area is 164 Å². The lowest BCUT2D eigenvalue weighted by atomic mass is 9.79. The monoisotopic (exact) mass is 385 g/mol. The number of nitrogens with one attached hydrogen (secondary N) is 2. The third kappa shape index (κ3) is 4.58. The van der Waals surface area contributed by atoms with E-state index in [1.807, 2.05) is 44.2 Å².